The number of aliphatic carboxylic acids is 4. The molecule has 0 bridgehead atoms. The van der Waals surface area contributed by atoms with Crippen LogP contribution in [-0.2, 0) is 68.7 Å². The molecule has 32 heteroatoms. The van der Waals surface area contributed by atoms with Gasteiger partial charge in [0.15, 0.2) is 23.4 Å². The van der Waals surface area contributed by atoms with E-state index in [1.54, 1.807) is 38.1 Å². The Labute approximate surface area is 693 Å². The van der Waals surface area contributed by atoms with E-state index in [1.807, 2.05) is 72.9 Å². The third-order valence-corrected chi connectivity index (χ3v) is 20.0. The van der Waals surface area contributed by atoms with Crippen LogP contribution in [0.1, 0.15) is 229 Å². The van der Waals surface area contributed by atoms with Crippen LogP contribution in [0.25, 0.3) is 21.9 Å². The minimum Gasteiger partial charge on any atom is -0.550 e. The lowest BCUT2D eigenvalue weighted by atomic mass is 9.91. The summed E-state index contributed by atoms with van der Waals surface area (Å²) in [4.78, 5) is 178. The number of imide groups is 1. The van der Waals surface area contributed by atoms with Gasteiger partial charge in [-0.3, -0.25) is 57.6 Å². The summed E-state index contributed by atoms with van der Waals surface area (Å²) >= 11 is 0. The molecule has 0 saturated carbocycles. The topological polar surface area (TPSA) is 556 Å². The molecule has 0 aliphatic carbocycles. The van der Waals surface area contributed by atoms with E-state index < -0.39 is 71.5 Å². The van der Waals surface area contributed by atoms with Gasteiger partial charge in [-0.25, -0.2) is 0 Å². The summed E-state index contributed by atoms with van der Waals surface area (Å²) in [6.07, 6.45) is 13.7. The number of nitrogens with two attached hydrogens (primary N) is 3. The molecule has 5 rings (SSSR count). The molecular weight excluding hydrogens is 1520 g/mol. The van der Waals surface area contributed by atoms with Gasteiger partial charge in [-0.1, -0.05) is 120 Å². The normalized spacial score (nSPS) is 13.4. The Morgan fingerprint density at radius 1 is 0.517 bits per heavy atom. The summed E-state index contributed by atoms with van der Waals surface area (Å²) < 4.78 is 0. The molecule has 21 N–H and O–H groups in total. The summed E-state index contributed by atoms with van der Waals surface area (Å²) in [6, 6.07) is 24.1. The number of carboxylic acids is 4. The van der Waals surface area contributed by atoms with Crippen molar-refractivity contribution in [3.05, 3.63) is 102 Å². The maximum Gasteiger partial charge on any atom is 0.261 e. The Hall–Kier alpha value is -10.2. The van der Waals surface area contributed by atoms with Crippen LogP contribution in [0.3, 0.4) is 0 Å². The molecule has 4 aromatic rings. The number of ketones is 3. The predicted molar refractivity (Wildman–Crippen MR) is 434 cm³/mol. The van der Waals surface area contributed by atoms with Crippen LogP contribution in [-0.4, -0.2) is 189 Å². The van der Waals surface area contributed by atoms with E-state index in [2.05, 4.69) is 73.6 Å². The second-order valence-corrected chi connectivity index (χ2v) is 30.1. The number of hydrogen-bond acceptors (Lipinski definition) is 19. The van der Waals surface area contributed by atoms with Crippen molar-refractivity contribution in [2.24, 2.45) is 11.8 Å². The van der Waals surface area contributed by atoms with Crippen LogP contribution < -0.4 is 85.5 Å². The SMILES string of the molecule is CCCCCC[C@H]([NH3+])C[NH2+]CC[C@H]([NH3+])C(C)=O.CCCC[C@H]([NH3+])C[NH2+]CC[C@H]([NH2+]CCCC(=O)CNC(C)=O)C(=O)C[C@H](CCN1C(=O)c2cccc3cccc(c23)C1=O)C(=O)NC.CCC[C@@H](NC(=O)CCCC(=O)[O-])C(=O)[O-].CC[C@H](Cc1cccc(-c2ccc(NC(C)=O)cc2)c1)C(=O)NCC[C@@H](NC(=O)CCCC(=O)[O-])C(=O)[O-]. The van der Waals surface area contributed by atoms with Crippen LogP contribution in [0.15, 0.2) is 84.9 Å². The second-order valence-electron chi connectivity index (χ2n) is 30.1. The fourth-order valence-electron chi connectivity index (χ4n) is 13.1. The quantitative estimate of drug-likeness (QED) is 0.0151. The van der Waals surface area contributed by atoms with E-state index >= 15 is 0 Å². The summed E-state index contributed by atoms with van der Waals surface area (Å²) in [5.74, 6) is -9.18. The highest BCUT2D eigenvalue weighted by Crippen LogP contribution is 2.31. The minimum atomic E-state index is -1.48. The van der Waals surface area contributed by atoms with Gasteiger partial charge in [-0.2, -0.15) is 0 Å². The molecule has 32 nitrogen and oxygen atoms in total. The first-order valence-corrected chi connectivity index (χ1v) is 41.7. The minimum absolute atomic E-state index is 0.00648. The highest BCUT2D eigenvalue weighted by atomic mass is 16.4. The first-order chi connectivity index (χ1) is 56.2. The molecule has 0 saturated heterocycles. The number of carboxylic acid groups (broad SMARTS) is 4. The fourth-order valence-corrected chi connectivity index (χ4v) is 13.1. The number of nitrogens with one attached hydrogen (secondary N) is 6. The number of amides is 8. The van der Waals surface area contributed by atoms with E-state index in [4.69, 9.17) is 0 Å². The molecule has 0 spiro atoms. The van der Waals surface area contributed by atoms with Gasteiger partial charge in [0, 0.05) is 132 Å². The zero-order valence-electron chi connectivity index (χ0n) is 70.6. The molecule has 1 aliphatic rings. The molecule has 1 aliphatic heterocycles. The predicted octanol–water partition coefficient (Wildman–Crippen LogP) is -3.48. The van der Waals surface area contributed by atoms with E-state index in [0.717, 1.165) is 73.9 Å². The van der Waals surface area contributed by atoms with Crippen molar-refractivity contribution in [3.8, 4) is 11.1 Å². The number of unbranched alkanes of at least 4 members (excludes halogenated alkanes) is 4. The molecule has 8 amide bonds. The van der Waals surface area contributed by atoms with Crippen molar-refractivity contribution in [1.82, 2.24) is 31.5 Å². The Morgan fingerprint density at radius 2 is 1.08 bits per heavy atom. The maximum atomic E-state index is 13.7. The van der Waals surface area contributed by atoms with Crippen LogP contribution in [0, 0.1) is 11.8 Å². The van der Waals surface area contributed by atoms with E-state index in [9.17, 15) is 92.3 Å². The van der Waals surface area contributed by atoms with Crippen molar-refractivity contribution in [2.75, 3.05) is 64.7 Å². The van der Waals surface area contributed by atoms with Gasteiger partial charge < -0.3 is 105 Å². The van der Waals surface area contributed by atoms with Crippen molar-refractivity contribution >= 4 is 105 Å². The lowest BCUT2D eigenvalue weighted by Gasteiger charge is -2.28. The van der Waals surface area contributed by atoms with Gasteiger partial charge in [0.25, 0.3) is 11.8 Å². The molecule has 0 fully saturated rings. The first kappa shape index (κ1) is 104. The highest BCUT2D eigenvalue weighted by molar-refractivity contribution is 6.25. The zero-order chi connectivity index (χ0) is 88.1. The number of quaternary nitrogens is 6. The molecule has 0 radical (unpaired) electrons. The zero-order valence-corrected chi connectivity index (χ0v) is 70.6. The van der Waals surface area contributed by atoms with Gasteiger partial charge in [0.05, 0.1) is 63.0 Å². The summed E-state index contributed by atoms with van der Waals surface area (Å²) in [6.45, 7) is 16.7. The number of rotatable bonds is 56. The second kappa shape index (κ2) is 59.4. The van der Waals surface area contributed by atoms with Crippen molar-refractivity contribution in [3.63, 3.8) is 0 Å². The van der Waals surface area contributed by atoms with Gasteiger partial charge >= 0.3 is 0 Å². The van der Waals surface area contributed by atoms with E-state index in [1.165, 1.54) is 57.9 Å². The smallest absolute Gasteiger partial charge is 0.261 e. The number of carbonyl (C=O) groups excluding carboxylic acids is 15. The van der Waals surface area contributed by atoms with Crippen LogP contribution >= 0.6 is 0 Å². The molecule has 118 heavy (non-hydrogen) atoms. The Morgan fingerprint density at radius 3 is 1.59 bits per heavy atom. The number of carbonyl (C=O) groups is 15. The standard InChI is InChI=1S/C35H50N6O6.C28H35N3O7.C13H29N3O.C10H17NO5/c1-4-5-11-26(36)21-38-18-15-30(39-17-8-12-27(43)22-40-23(2)42)31(44)20-25(33(45)37-3)16-19-41-34(46)28-13-6-9-24-10-7-14-29(32(24)28)35(41)47;1-3-20(27(36)29-15-14-24(28(37)38)31-25(33)8-5-9-26(34)35)16-19-6-4-7-22(17-19)21-10-12-23(13-11-21)30-18(2)32;1-3-4-5-6-7-12(14)10-16-9-8-13(15)11(2)17;1-2-4-7(10(15)16)11-8(12)5-3-6-9(13)14/h6-7,9-10,13-14,25-26,30,38-39H,4-5,8,11-12,15-22,36H2,1-3H3,(H,37,45)(H,40,42);4,6-7,10-13,17,20,24H,3,5,8-9,14-16H2,1-2H3,(H,29,36)(H,30,32)(H,31,33)(H,34,35)(H,37,38);12-13,16H,3-10,14-15H2,1-2H3;7H,2-6H2,1H3,(H,11,12)(H,13,14)(H,15,16)/p+2/t25-,26-,30-;20-,24-;12-,13-;7-/m0101/s1. The molecule has 654 valence electrons. The average Bonchev–Trinajstić information content (AvgIpc) is 0.749. The van der Waals surface area contributed by atoms with E-state index in [-0.39, 0.29) is 130 Å². The number of anilines is 1. The molecule has 0 unspecified atom stereocenters. The Bertz CT molecular complexity index is 3810. The third kappa shape index (κ3) is 43.3. The van der Waals surface area contributed by atoms with Crippen molar-refractivity contribution in [2.45, 2.75) is 245 Å². The van der Waals surface area contributed by atoms with Gasteiger partial charge in [-0.15, -0.1) is 0 Å². The van der Waals surface area contributed by atoms with Crippen molar-refractivity contribution in [1.29, 1.82) is 0 Å². The number of benzene rings is 4. The van der Waals surface area contributed by atoms with Gasteiger partial charge in [0.1, 0.15) is 31.2 Å². The lowest BCUT2D eigenvalue weighted by Crippen LogP contribution is -2.95. The number of Topliss-reactive ketones (excluding diaryl/α,β-unsaturated/α-hetero) is 3. The molecule has 4 aromatic carbocycles. The Balaban J connectivity index is 0.000000588. The highest BCUT2D eigenvalue weighted by Gasteiger charge is 2.35. The molecular formula is C86H133N13O19+2. The van der Waals surface area contributed by atoms with Gasteiger partial charge in [-0.05, 0) is 117 Å². The van der Waals surface area contributed by atoms with Crippen molar-refractivity contribution < 1.29 is 125 Å². The Kier molecular flexibility index (Phi) is 52.3. The monoisotopic (exact) mass is 1650 g/mol. The first-order valence-electron chi connectivity index (χ1n) is 41.7. The molecule has 1 heterocycles. The largest absolute Gasteiger partial charge is 0.550 e. The number of hydrogen-bond donors (Lipinski definition) is 12. The molecule has 8 atom stereocenters. The summed E-state index contributed by atoms with van der Waals surface area (Å²) in [7, 11) is 1.51. The van der Waals surface area contributed by atoms with Crippen LogP contribution in [0.2, 0.25) is 0 Å². The summed E-state index contributed by atoms with van der Waals surface area (Å²) in [5.41, 5.74) is 16.8. The van der Waals surface area contributed by atoms with Crippen LogP contribution in [0.5, 0.6) is 0 Å². The number of nitrogens with zero attached hydrogens (tertiary/aromatic N) is 1. The maximum absolute atomic E-state index is 13.7. The lowest BCUT2D eigenvalue weighted by molar-refractivity contribution is -0.704. The fraction of sp³-hybridized carbons (Fsp3) is 0.570. The van der Waals surface area contributed by atoms with E-state index in [0.29, 0.717) is 85.8 Å². The van der Waals surface area contributed by atoms with Gasteiger partial charge in [0.2, 0.25) is 35.4 Å². The molecule has 0 aromatic heterocycles. The third-order valence-electron chi connectivity index (χ3n) is 20.0. The average molecular weight is 1650 g/mol. The summed E-state index contributed by atoms with van der Waals surface area (Å²) in [5, 5.41) is 65.5. The van der Waals surface area contributed by atoms with Crippen LogP contribution in [0.4, 0.5) is 5.69 Å².